The van der Waals surface area contributed by atoms with E-state index < -0.39 is 0 Å². The van der Waals surface area contributed by atoms with Crippen molar-refractivity contribution in [2.45, 2.75) is 38.6 Å². The Kier molecular flexibility index (Phi) is 3.80. The Morgan fingerprint density at radius 3 is 2.71 bits per heavy atom. The molecule has 1 fully saturated rings. The van der Waals surface area contributed by atoms with Gasteiger partial charge in [-0.1, -0.05) is 0 Å². The summed E-state index contributed by atoms with van der Waals surface area (Å²) in [6.07, 6.45) is 3.67. The summed E-state index contributed by atoms with van der Waals surface area (Å²) < 4.78 is 0. The van der Waals surface area contributed by atoms with Gasteiger partial charge in [0.15, 0.2) is 0 Å². The number of aryl methyl sites for hydroxylation is 1. The van der Waals surface area contributed by atoms with Crippen LogP contribution < -0.4 is 5.32 Å². The lowest BCUT2D eigenvalue weighted by atomic mass is 9.87. The molecule has 0 saturated heterocycles. The summed E-state index contributed by atoms with van der Waals surface area (Å²) in [5, 5.41) is 13.8. The molecule has 3 nitrogen and oxygen atoms in total. The first-order chi connectivity index (χ1) is 8.20. The highest BCUT2D eigenvalue weighted by atomic mass is 32.1. The summed E-state index contributed by atoms with van der Waals surface area (Å²) in [5.41, 5.74) is 1.04. The molecular formula is C13H16N2OS. The monoisotopic (exact) mass is 248 g/mol. The third kappa shape index (κ3) is 2.86. The van der Waals surface area contributed by atoms with E-state index in [1.54, 1.807) is 0 Å². The molecule has 0 aliphatic heterocycles. The normalized spacial score (nSPS) is 24.0. The summed E-state index contributed by atoms with van der Waals surface area (Å²) in [7, 11) is 0. The zero-order chi connectivity index (χ0) is 12.3. The molecule has 1 heterocycles. The molecule has 1 N–H and O–H groups in total. The molecule has 1 saturated carbocycles. The maximum Gasteiger partial charge on any atom is 0.261 e. The minimum Gasteiger partial charge on any atom is -0.349 e. The number of thiophene rings is 1. The molecule has 0 spiro atoms. The standard InChI is InChI=1S/C13H16N2OS/c1-9-6-7-17-12(9)13(16)15-11-4-2-10(8-14)3-5-11/h6-7,10-11H,2-5H2,1H3,(H,15,16). The van der Waals surface area contributed by atoms with Crippen LogP contribution in [0.5, 0.6) is 0 Å². The van der Waals surface area contributed by atoms with E-state index in [9.17, 15) is 4.79 Å². The molecule has 1 amide bonds. The lowest BCUT2D eigenvalue weighted by molar-refractivity contribution is 0.0928. The predicted molar refractivity (Wildman–Crippen MR) is 67.9 cm³/mol. The lowest BCUT2D eigenvalue weighted by Crippen LogP contribution is -2.37. The number of carbonyl (C=O) groups excluding carboxylic acids is 1. The van der Waals surface area contributed by atoms with Crippen LogP contribution in [0.2, 0.25) is 0 Å². The number of nitriles is 1. The Bertz CT molecular complexity index is 439. The first-order valence-corrected chi connectivity index (χ1v) is 6.83. The van der Waals surface area contributed by atoms with Crippen molar-refractivity contribution in [3.63, 3.8) is 0 Å². The van der Waals surface area contributed by atoms with Gasteiger partial charge in [0.05, 0.1) is 10.9 Å². The molecule has 0 radical (unpaired) electrons. The van der Waals surface area contributed by atoms with Crippen LogP contribution in [0.25, 0.3) is 0 Å². The van der Waals surface area contributed by atoms with Crippen molar-refractivity contribution in [2.75, 3.05) is 0 Å². The van der Waals surface area contributed by atoms with Gasteiger partial charge in [0.1, 0.15) is 0 Å². The van der Waals surface area contributed by atoms with Crippen LogP contribution in [0.1, 0.15) is 40.9 Å². The fourth-order valence-corrected chi connectivity index (χ4v) is 3.05. The Hall–Kier alpha value is -1.34. The molecule has 4 heteroatoms. The van der Waals surface area contributed by atoms with E-state index in [0.717, 1.165) is 36.1 Å². The van der Waals surface area contributed by atoms with Gasteiger partial charge in [-0.25, -0.2) is 0 Å². The van der Waals surface area contributed by atoms with E-state index in [0.29, 0.717) is 0 Å². The van der Waals surface area contributed by atoms with Crippen LogP contribution >= 0.6 is 11.3 Å². The van der Waals surface area contributed by atoms with Gasteiger partial charge in [0, 0.05) is 12.0 Å². The minimum absolute atomic E-state index is 0.0397. The molecule has 0 unspecified atom stereocenters. The summed E-state index contributed by atoms with van der Waals surface area (Å²) in [5.74, 6) is 0.226. The largest absolute Gasteiger partial charge is 0.349 e. The number of carbonyl (C=O) groups is 1. The molecular weight excluding hydrogens is 232 g/mol. The van der Waals surface area contributed by atoms with Crippen molar-refractivity contribution in [3.05, 3.63) is 21.9 Å². The Morgan fingerprint density at radius 1 is 1.47 bits per heavy atom. The van der Waals surface area contributed by atoms with Crippen molar-refractivity contribution < 1.29 is 4.79 Å². The van der Waals surface area contributed by atoms with Gasteiger partial charge in [-0.15, -0.1) is 11.3 Å². The van der Waals surface area contributed by atoms with Crippen molar-refractivity contribution in [1.82, 2.24) is 5.32 Å². The average molecular weight is 248 g/mol. The van der Waals surface area contributed by atoms with Gasteiger partial charge in [-0.3, -0.25) is 4.79 Å². The fraction of sp³-hybridized carbons (Fsp3) is 0.538. The van der Waals surface area contributed by atoms with E-state index >= 15 is 0 Å². The molecule has 2 rings (SSSR count). The lowest BCUT2D eigenvalue weighted by Gasteiger charge is -2.25. The van der Waals surface area contributed by atoms with Crippen molar-refractivity contribution in [2.24, 2.45) is 5.92 Å². The summed E-state index contributed by atoms with van der Waals surface area (Å²) >= 11 is 1.49. The predicted octanol–water partition coefficient (Wildman–Crippen LogP) is 2.87. The third-order valence-corrected chi connectivity index (χ3v) is 4.33. The molecule has 0 bridgehead atoms. The maximum absolute atomic E-state index is 12.0. The molecule has 0 aromatic carbocycles. The molecule has 1 aromatic heterocycles. The zero-order valence-electron chi connectivity index (χ0n) is 9.90. The van der Waals surface area contributed by atoms with Gasteiger partial charge in [0.2, 0.25) is 0 Å². The quantitative estimate of drug-likeness (QED) is 0.875. The van der Waals surface area contributed by atoms with Crippen LogP contribution in [0.4, 0.5) is 0 Å². The van der Waals surface area contributed by atoms with E-state index in [-0.39, 0.29) is 17.9 Å². The topological polar surface area (TPSA) is 52.9 Å². The maximum atomic E-state index is 12.0. The highest BCUT2D eigenvalue weighted by Crippen LogP contribution is 2.24. The minimum atomic E-state index is 0.0397. The number of nitrogens with one attached hydrogen (secondary N) is 1. The highest BCUT2D eigenvalue weighted by molar-refractivity contribution is 7.12. The smallest absolute Gasteiger partial charge is 0.261 e. The van der Waals surface area contributed by atoms with Crippen LogP contribution in [0.15, 0.2) is 11.4 Å². The van der Waals surface area contributed by atoms with Crippen LogP contribution in [-0.4, -0.2) is 11.9 Å². The van der Waals surface area contributed by atoms with Crippen LogP contribution in [-0.2, 0) is 0 Å². The first-order valence-electron chi connectivity index (χ1n) is 5.95. The Balaban J connectivity index is 1.89. The molecule has 0 atom stereocenters. The van der Waals surface area contributed by atoms with Gasteiger partial charge in [-0.2, -0.15) is 5.26 Å². The second-order valence-electron chi connectivity index (χ2n) is 4.58. The van der Waals surface area contributed by atoms with Gasteiger partial charge in [0.25, 0.3) is 5.91 Å². The van der Waals surface area contributed by atoms with Crippen LogP contribution in [0.3, 0.4) is 0 Å². The summed E-state index contributed by atoms with van der Waals surface area (Å²) in [6, 6.07) is 4.51. The van der Waals surface area contributed by atoms with Crippen molar-refractivity contribution in [1.29, 1.82) is 5.26 Å². The van der Waals surface area contributed by atoms with Crippen molar-refractivity contribution in [3.8, 4) is 6.07 Å². The number of amides is 1. The van der Waals surface area contributed by atoms with Gasteiger partial charge in [-0.05, 0) is 49.6 Å². The highest BCUT2D eigenvalue weighted by Gasteiger charge is 2.23. The Labute approximate surface area is 105 Å². The van der Waals surface area contributed by atoms with E-state index in [1.165, 1.54) is 11.3 Å². The second-order valence-corrected chi connectivity index (χ2v) is 5.50. The number of nitrogens with zero attached hydrogens (tertiary/aromatic N) is 1. The number of hydrogen-bond acceptors (Lipinski definition) is 3. The fourth-order valence-electron chi connectivity index (χ4n) is 2.22. The Morgan fingerprint density at radius 2 is 2.18 bits per heavy atom. The van der Waals surface area contributed by atoms with Crippen molar-refractivity contribution >= 4 is 17.2 Å². The van der Waals surface area contributed by atoms with E-state index in [4.69, 9.17) is 5.26 Å². The summed E-state index contributed by atoms with van der Waals surface area (Å²) in [6.45, 7) is 1.96. The SMILES string of the molecule is Cc1ccsc1C(=O)NC1CCC(C#N)CC1. The summed E-state index contributed by atoms with van der Waals surface area (Å²) in [4.78, 5) is 12.8. The number of hydrogen-bond donors (Lipinski definition) is 1. The zero-order valence-corrected chi connectivity index (χ0v) is 10.7. The molecule has 1 aromatic rings. The molecule has 1 aliphatic rings. The average Bonchev–Trinajstić information content (AvgIpc) is 2.76. The van der Waals surface area contributed by atoms with Crippen LogP contribution in [0, 0.1) is 24.2 Å². The molecule has 90 valence electrons. The van der Waals surface area contributed by atoms with E-state index in [2.05, 4.69) is 11.4 Å². The third-order valence-electron chi connectivity index (χ3n) is 3.31. The van der Waals surface area contributed by atoms with Gasteiger partial charge < -0.3 is 5.32 Å². The second kappa shape index (κ2) is 5.33. The van der Waals surface area contributed by atoms with E-state index in [1.807, 2.05) is 18.4 Å². The first kappa shape index (κ1) is 12.1. The molecule has 17 heavy (non-hydrogen) atoms. The molecule has 1 aliphatic carbocycles. The van der Waals surface area contributed by atoms with Gasteiger partial charge >= 0.3 is 0 Å². The number of rotatable bonds is 2.